The molecule has 1 saturated heterocycles. The van der Waals surface area contributed by atoms with Gasteiger partial charge in [0, 0.05) is 30.6 Å². The van der Waals surface area contributed by atoms with Crippen molar-refractivity contribution in [3.8, 4) is 17.1 Å². The molecule has 0 atom stereocenters. The summed E-state index contributed by atoms with van der Waals surface area (Å²) >= 11 is 0. The van der Waals surface area contributed by atoms with Gasteiger partial charge in [-0.15, -0.1) is 0 Å². The van der Waals surface area contributed by atoms with Crippen molar-refractivity contribution in [2.24, 2.45) is 0 Å². The zero-order valence-corrected chi connectivity index (χ0v) is 16.3. The number of fused-ring (bicyclic) bond motifs is 1. The number of rotatable bonds is 4. The van der Waals surface area contributed by atoms with Crippen molar-refractivity contribution in [3.05, 3.63) is 30.3 Å². The van der Waals surface area contributed by atoms with Gasteiger partial charge in [0.05, 0.1) is 28.8 Å². The molecular weight excluding hydrogens is 385 g/mol. The van der Waals surface area contributed by atoms with Crippen molar-refractivity contribution < 1.29 is 17.5 Å². The van der Waals surface area contributed by atoms with E-state index in [0.29, 0.717) is 41.2 Å². The van der Waals surface area contributed by atoms with Gasteiger partial charge in [-0.25, -0.2) is 22.8 Å². The third-order valence-electron chi connectivity index (χ3n) is 4.54. The molecule has 1 fully saturated rings. The lowest BCUT2D eigenvalue weighted by Crippen LogP contribution is -2.40. The topological polar surface area (TPSA) is 101 Å². The number of sulfone groups is 1. The Kier molecular flexibility index (Phi) is 4.66. The number of hydrogen-bond acceptors (Lipinski definition) is 7. The number of aromatic nitrogens is 4. The van der Waals surface area contributed by atoms with Crippen molar-refractivity contribution in [3.63, 3.8) is 0 Å². The van der Waals surface area contributed by atoms with Gasteiger partial charge >= 0.3 is 0 Å². The molecule has 0 unspecified atom stereocenters. The van der Waals surface area contributed by atoms with E-state index in [4.69, 9.17) is 4.74 Å². The maximum Gasteiger partial charge on any atom is 0.167 e. The van der Waals surface area contributed by atoms with E-state index in [0.717, 1.165) is 0 Å². The summed E-state index contributed by atoms with van der Waals surface area (Å²) in [4.78, 5) is 10.5. The Morgan fingerprint density at radius 3 is 2.64 bits per heavy atom. The molecular formula is C18H20FN5O3S. The summed E-state index contributed by atoms with van der Waals surface area (Å²) in [6.45, 7) is 4.43. The van der Waals surface area contributed by atoms with Gasteiger partial charge < -0.3 is 9.64 Å². The average molecular weight is 405 g/mol. The molecule has 3 heterocycles. The SMILES string of the molecule is CC(C)Oc1cc2c(-c3cc(N4CCS(=O)(=O)CC4)ncn3)n[nH]c2cc1F. The van der Waals surface area contributed by atoms with Crippen LogP contribution in [-0.4, -0.2) is 59.3 Å². The first-order valence-corrected chi connectivity index (χ1v) is 10.8. The molecule has 1 N–H and O–H groups in total. The van der Waals surface area contributed by atoms with Crippen LogP contribution in [0.1, 0.15) is 13.8 Å². The summed E-state index contributed by atoms with van der Waals surface area (Å²) in [5.41, 5.74) is 1.65. The van der Waals surface area contributed by atoms with Gasteiger partial charge in [-0.05, 0) is 19.9 Å². The lowest BCUT2D eigenvalue weighted by molar-refractivity contribution is 0.231. The minimum atomic E-state index is -2.98. The van der Waals surface area contributed by atoms with Gasteiger partial charge in [-0.3, -0.25) is 5.10 Å². The first-order valence-electron chi connectivity index (χ1n) is 8.94. The number of ether oxygens (including phenoxy) is 1. The Balaban J connectivity index is 1.70. The van der Waals surface area contributed by atoms with Crippen LogP contribution < -0.4 is 9.64 Å². The van der Waals surface area contributed by atoms with Gasteiger partial charge in [-0.1, -0.05) is 0 Å². The van der Waals surface area contributed by atoms with E-state index in [2.05, 4.69) is 20.2 Å². The molecule has 0 amide bonds. The third kappa shape index (κ3) is 3.64. The van der Waals surface area contributed by atoms with Crippen LogP contribution in [0.2, 0.25) is 0 Å². The molecule has 1 aromatic carbocycles. The Morgan fingerprint density at radius 1 is 1.18 bits per heavy atom. The van der Waals surface area contributed by atoms with Crippen LogP contribution in [-0.2, 0) is 9.84 Å². The van der Waals surface area contributed by atoms with Crippen LogP contribution in [0.5, 0.6) is 5.75 Å². The molecule has 8 nitrogen and oxygen atoms in total. The second kappa shape index (κ2) is 7.01. The fourth-order valence-electron chi connectivity index (χ4n) is 3.15. The molecule has 148 valence electrons. The second-order valence-corrected chi connectivity index (χ2v) is 9.27. The number of benzene rings is 1. The van der Waals surface area contributed by atoms with Gasteiger partial charge in [0.15, 0.2) is 21.4 Å². The fraction of sp³-hybridized carbons (Fsp3) is 0.389. The minimum absolute atomic E-state index is 0.104. The van der Waals surface area contributed by atoms with Crippen LogP contribution in [0.4, 0.5) is 10.2 Å². The first kappa shape index (κ1) is 18.6. The highest BCUT2D eigenvalue weighted by atomic mass is 32.2. The predicted molar refractivity (Wildman–Crippen MR) is 104 cm³/mol. The molecule has 0 aliphatic carbocycles. The van der Waals surface area contributed by atoms with E-state index in [1.54, 1.807) is 12.1 Å². The van der Waals surface area contributed by atoms with E-state index in [9.17, 15) is 12.8 Å². The Hall–Kier alpha value is -2.75. The molecule has 0 spiro atoms. The molecule has 0 saturated carbocycles. The largest absolute Gasteiger partial charge is 0.488 e. The number of aromatic amines is 1. The van der Waals surface area contributed by atoms with Crippen LogP contribution in [0.15, 0.2) is 24.5 Å². The Morgan fingerprint density at radius 2 is 1.93 bits per heavy atom. The molecule has 0 radical (unpaired) electrons. The zero-order chi connectivity index (χ0) is 19.9. The fourth-order valence-corrected chi connectivity index (χ4v) is 4.35. The third-order valence-corrected chi connectivity index (χ3v) is 6.15. The smallest absolute Gasteiger partial charge is 0.167 e. The standard InChI is InChI=1S/C18H20FN5O3S/c1-11(2)27-16-7-12-14(8-13(16)19)22-23-18(12)15-9-17(21-10-20-15)24-3-5-28(25,26)6-4-24/h7-11H,3-6H2,1-2H3,(H,22,23). The molecule has 2 aromatic heterocycles. The monoisotopic (exact) mass is 405 g/mol. The van der Waals surface area contributed by atoms with E-state index in [1.165, 1.54) is 12.4 Å². The minimum Gasteiger partial charge on any atom is -0.488 e. The number of hydrogen-bond donors (Lipinski definition) is 1. The molecule has 3 aromatic rings. The predicted octanol–water partition coefficient (Wildman–Crippen LogP) is 2.18. The quantitative estimate of drug-likeness (QED) is 0.710. The lowest BCUT2D eigenvalue weighted by Gasteiger charge is -2.27. The van der Waals surface area contributed by atoms with Crippen LogP contribution in [0, 0.1) is 5.82 Å². The normalized spacial score (nSPS) is 16.6. The summed E-state index contributed by atoms with van der Waals surface area (Å²) in [6, 6.07) is 4.72. The number of nitrogens with one attached hydrogen (secondary N) is 1. The van der Waals surface area contributed by atoms with Crippen molar-refractivity contribution in [2.75, 3.05) is 29.5 Å². The van der Waals surface area contributed by atoms with Gasteiger partial charge in [0.1, 0.15) is 17.8 Å². The van der Waals surface area contributed by atoms with E-state index >= 15 is 0 Å². The number of H-pyrrole nitrogens is 1. The van der Waals surface area contributed by atoms with Crippen LogP contribution >= 0.6 is 0 Å². The maximum absolute atomic E-state index is 14.2. The van der Waals surface area contributed by atoms with Gasteiger partial charge in [-0.2, -0.15) is 5.10 Å². The summed E-state index contributed by atoms with van der Waals surface area (Å²) in [5.74, 6) is 0.534. The Labute approximate surface area is 161 Å². The van der Waals surface area contributed by atoms with Crippen molar-refractivity contribution >= 4 is 26.6 Å². The van der Waals surface area contributed by atoms with Gasteiger partial charge in [0.2, 0.25) is 0 Å². The number of nitrogens with zero attached hydrogens (tertiary/aromatic N) is 4. The maximum atomic E-state index is 14.2. The second-order valence-electron chi connectivity index (χ2n) is 6.97. The van der Waals surface area contributed by atoms with Gasteiger partial charge in [0.25, 0.3) is 0 Å². The van der Waals surface area contributed by atoms with E-state index in [-0.39, 0.29) is 23.4 Å². The first-order chi connectivity index (χ1) is 13.3. The summed E-state index contributed by atoms with van der Waals surface area (Å²) < 4.78 is 43.0. The van der Waals surface area contributed by atoms with Crippen molar-refractivity contribution in [1.29, 1.82) is 0 Å². The van der Waals surface area contributed by atoms with E-state index < -0.39 is 15.7 Å². The average Bonchev–Trinajstić information content (AvgIpc) is 3.04. The molecule has 1 aliphatic heterocycles. The summed E-state index contributed by atoms with van der Waals surface area (Å²) in [7, 11) is -2.98. The highest BCUT2D eigenvalue weighted by molar-refractivity contribution is 7.91. The van der Waals surface area contributed by atoms with Crippen molar-refractivity contribution in [2.45, 2.75) is 20.0 Å². The number of halogens is 1. The van der Waals surface area contributed by atoms with Crippen LogP contribution in [0.25, 0.3) is 22.3 Å². The summed E-state index contributed by atoms with van der Waals surface area (Å²) in [5, 5.41) is 7.79. The number of anilines is 1. The van der Waals surface area contributed by atoms with Crippen molar-refractivity contribution in [1.82, 2.24) is 20.2 Å². The molecule has 10 heteroatoms. The molecule has 4 rings (SSSR count). The lowest BCUT2D eigenvalue weighted by atomic mass is 10.1. The van der Waals surface area contributed by atoms with E-state index in [1.807, 2.05) is 18.7 Å². The molecule has 28 heavy (non-hydrogen) atoms. The summed E-state index contributed by atoms with van der Waals surface area (Å²) in [6.07, 6.45) is 1.26. The molecule has 1 aliphatic rings. The highest BCUT2D eigenvalue weighted by Gasteiger charge is 2.23. The molecule has 0 bridgehead atoms. The highest BCUT2D eigenvalue weighted by Crippen LogP contribution is 2.31. The zero-order valence-electron chi connectivity index (χ0n) is 15.5. The van der Waals surface area contributed by atoms with Crippen LogP contribution in [0.3, 0.4) is 0 Å². The Bertz CT molecular complexity index is 1120.